The quantitative estimate of drug-likeness (QED) is 0.852. The molecule has 1 amide bonds. The number of rotatable bonds is 3. The zero-order valence-electron chi connectivity index (χ0n) is 14.0. The second-order valence-corrected chi connectivity index (χ2v) is 8.95. The number of fused-ring (bicyclic) bond motifs is 1. The molecule has 5 nitrogen and oxygen atoms in total. The van der Waals surface area contributed by atoms with Crippen LogP contribution in [-0.2, 0) is 23.3 Å². The topological polar surface area (TPSA) is 64.0 Å². The van der Waals surface area contributed by atoms with Crippen LogP contribution in [-0.4, -0.2) is 21.2 Å². The minimum atomic E-state index is -0.206. The van der Waals surface area contributed by atoms with Crippen molar-refractivity contribution in [1.82, 2.24) is 14.9 Å². The number of nitrogens with one attached hydrogen (secondary N) is 1. The number of hydrogen-bond donors (Lipinski definition) is 1. The van der Waals surface area contributed by atoms with Crippen LogP contribution in [0.2, 0.25) is 0 Å². The van der Waals surface area contributed by atoms with Gasteiger partial charge in [0.1, 0.15) is 0 Å². The number of hydrogen-bond acceptors (Lipinski definition) is 5. The van der Waals surface area contributed by atoms with Crippen LogP contribution in [0.5, 0.6) is 0 Å². The van der Waals surface area contributed by atoms with Gasteiger partial charge < -0.3 is 5.32 Å². The summed E-state index contributed by atoms with van der Waals surface area (Å²) in [5.41, 5.74) is 0.560. The molecule has 0 fully saturated rings. The maximum atomic E-state index is 12.4. The minimum absolute atomic E-state index is 0.00616. The van der Waals surface area contributed by atoms with E-state index in [1.54, 1.807) is 22.0 Å². The van der Waals surface area contributed by atoms with Crippen LogP contribution in [0.3, 0.4) is 0 Å². The van der Waals surface area contributed by atoms with Crippen molar-refractivity contribution in [3.63, 3.8) is 0 Å². The van der Waals surface area contributed by atoms with E-state index in [1.807, 2.05) is 38.3 Å². The van der Waals surface area contributed by atoms with Crippen molar-refractivity contribution in [3.8, 4) is 0 Å². The van der Waals surface area contributed by atoms with Gasteiger partial charge in [-0.25, -0.2) is 4.98 Å². The van der Waals surface area contributed by atoms with E-state index in [-0.39, 0.29) is 22.8 Å². The molecule has 2 aromatic heterocycles. The van der Waals surface area contributed by atoms with Gasteiger partial charge in [-0.05, 0) is 11.4 Å². The Hall–Kier alpha value is -1.60. The molecule has 2 aromatic rings. The molecule has 0 unspecified atom stereocenters. The Morgan fingerprint density at radius 2 is 2.25 bits per heavy atom. The first-order chi connectivity index (χ1) is 11.3. The lowest BCUT2D eigenvalue weighted by Gasteiger charge is -2.26. The molecule has 0 spiro atoms. The van der Waals surface area contributed by atoms with Gasteiger partial charge in [-0.2, -0.15) is 0 Å². The molecule has 24 heavy (non-hydrogen) atoms. The highest BCUT2D eigenvalue weighted by Crippen LogP contribution is 2.28. The fraction of sp³-hybridized carbons (Fsp3) is 0.471. The molecule has 0 aliphatic carbocycles. The molecule has 7 heteroatoms. The number of amides is 1. The largest absolute Gasteiger partial charge is 0.351 e. The molecule has 3 rings (SSSR count). The van der Waals surface area contributed by atoms with Gasteiger partial charge in [0, 0.05) is 28.7 Å². The predicted octanol–water partition coefficient (Wildman–Crippen LogP) is 2.64. The summed E-state index contributed by atoms with van der Waals surface area (Å²) in [7, 11) is 0. The standard InChI is InChI=1S/C17H21N3O2S2/c1-17(2,3)13-7-14(21)20-9-11(10-24-16(20)19-13)15(22)18-8-12-5-4-6-23-12/h4-7,11H,8-10H2,1-3H3,(H,18,22)/t11-/m1/s1. The number of nitrogens with zero attached hydrogens (tertiary/aromatic N) is 2. The number of carbonyl (C=O) groups excluding carboxylic acids is 1. The van der Waals surface area contributed by atoms with Gasteiger partial charge in [0.25, 0.3) is 5.56 Å². The van der Waals surface area contributed by atoms with Crippen LogP contribution < -0.4 is 10.9 Å². The van der Waals surface area contributed by atoms with Crippen molar-refractivity contribution in [2.24, 2.45) is 5.92 Å². The van der Waals surface area contributed by atoms with Crippen LogP contribution in [0.4, 0.5) is 0 Å². The molecule has 0 bridgehead atoms. The van der Waals surface area contributed by atoms with Gasteiger partial charge in [-0.15, -0.1) is 11.3 Å². The highest BCUT2D eigenvalue weighted by molar-refractivity contribution is 7.99. The maximum Gasteiger partial charge on any atom is 0.254 e. The fourth-order valence-electron chi connectivity index (χ4n) is 2.49. The summed E-state index contributed by atoms with van der Waals surface area (Å²) in [6.07, 6.45) is 0. The van der Waals surface area contributed by atoms with E-state index in [1.165, 1.54) is 11.8 Å². The Balaban J connectivity index is 1.72. The lowest BCUT2D eigenvalue weighted by molar-refractivity contribution is -0.125. The molecule has 0 saturated heterocycles. The summed E-state index contributed by atoms with van der Waals surface area (Å²) >= 11 is 3.11. The number of thiophene rings is 1. The fourth-order valence-corrected chi connectivity index (χ4v) is 4.22. The van der Waals surface area contributed by atoms with Gasteiger partial charge in [0.15, 0.2) is 5.16 Å². The molecule has 0 saturated carbocycles. The average Bonchev–Trinajstić information content (AvgIpc) is 3.04. The van der Waals surface area contributed by atoms with Crippen molar-refractivity contribution < 1.29 is 4.79 Å². The molecule has 128 valence electrons. The highest BCUT2D eigenvalue weighted by Gasteiger charge is 2.28. The van der Waals surface area contributed by atoms with Gasteiger partial charge in [-0.1, -0.05) is 38.6 Å². The average molecular weight is 364 g/mol. The number of aromatic nitrogens is 2. The second kappa shape index (κ2) is 6.72. The Bertz CT molecular complexity index is 791. The van der Waals surface area contributed by atoms with Gasteiger partial charge in [-0.3, -0.25) is 14.2 Å². The molecule has 0 aromatic carbocycles. The molecule has 1 aliphatic heterocycles. The summed E-state index contributed by atoms with van der Waals surface area (Å²) < 4.78 is 1.62. The first-order valence-corrected chi connectivity index (χ1v) is 9.76. The molecular weight excluding hydrogens is 342 g/mol. The molecule has 1 aliphatic rings. The summed E-state index contributed by atoms with van der Waals surface area (Å²) in [5.74, 6) is 0.437. The van der Waals surface area contributed by atoms with Crippen molar-refractivity contribution in [2.75, 3.05) is 5.75 Å². The molecule has 1 atom stereocenters. The van der Waals surface area contributed by atoms with Crippen molar-refractivity contribution in [2.45, 2.75) is 44.4 Å². The van der Waals surface area contributed by atoms with Crippen LogP contribution in [0, 0.1) is 5.92 Å². The Kier molecular flexibility index (Phi) is 4.83. The smallest absolute Gasteiger partial charge is 0.254 e. The number of thioether (sulfide) groups is 1. The third-order valence-corrected chi connectivity index (χ3v) is 5.96. The van der Waals surface area contributed by atoms with Gasteiger partial charge in [0.2, 0.25) is 5.91 Å². The van der Waals surface area contributed by atoms with Crippen LogP contribution >= 0.6 is 23.1 Å². The van der Waals surface area contributed by atoms with Crippen LogP contribution in [0.1, 0.15) is 31.3 Å². The Morgan fingerprint density at radius 1 is 1.46 bits per heavy atom. The van der Waals surface area contributed by atoms with Gasteiger partial charge in [0.05, 0.1) is 18.2 Å². The van der Waals surface area contributed by atoms with Crippen LogP contribution in [0.25, 0.3) is 0 Å². The summed E-state index contributed by atoms with van der Waals surface area (Å²) in [6.45, 7) is 7.07. The van der Waals surface area contributed by atoms with Crippen molar-refractivity contribution in [1.29, 1.82) is 0 Å². The first kappa shape index (κ1) is 17.2. The third kappa shape index (κ3) is 3.72. The summed E-state index contributed by atoms with van der Waals surface area (Å²) in [5, 5.41) is 5.67. The Morgan fingerprint density at radius 3 is 2.92 bits per heavy atom. The summed E-state index contributed by atoms with van der Waals surface area (Å²) in [4.78, 5) is 30.6. The lowest BCUT2D eigenvalue weighted by atomic mass is 9.92. The SMILES string of the molecule is CC(C)(C)c1cc(=O)n2c(n1)SC[C@H](C(=O)NCc1cccs1)C2. The second-order valence-electron chi connectivity index (χ2n) is 6.93. The molecule has 3 heterocycles. The monoisotopic (exact) mass is 363 g/mol. The maximum absolute atomic E-state index is 12.4. The highest BCUT2D eigenvalue weighted by atomic mass is 32.2. The van der Waals surface area contributed by atoms with Gasteiger partial charge >= 0.3 is 0 Å². The first-order valence-electron chi connectivity index (χ1n) is 7.90. The molecule has 1 N–H and O–H groups in total. The summed E-state index contributed by atoms with van der Waals surface area (Å²) in [6, 6.07) is 5.56. The van der Waals surface area contributed by atoms with E-state index in [4.69, 9.17) is 0 Å². The van der Waals surface area contributed by atoms with E-state index in [0.717, 1.165) is 15.7 Å². The molecular formula is C17H21N3O2S2. The number of carbonyl (C=O) groups is 1. The van der Waals surface area contributed by atoms with E-state index >= 15 is 0 Å². The van der Waals surface area contributed by atoms with Crippen molar-refractivity contribution in [3.05, 3.63) is 44.5 Å². The zero-order valence-corrected chi connectivity index (χ0v) is 15.7. The van der Waals surface area contributed by atoms with Crippen LogP contribution in [0.15, 0.2) is 33.5 Å². The van der Waals surface area contributed by atoms with E-state index in [2.05, 4.69) is 10.3 Å². The normalized spacial score (nSPS) is 17.4. The third-order valence-electron chi connectivity index (χ3n) is 3.95. The zero-order chi connectivity index (χ0) is 17.3. The van der Waals surface area contributed by atoms with E-state index in [0.29, 0.717) is 18.8 Å². The lowest BCUT2D eigenvalue weighted by Crippen LogP contribution is -2.40. The van der Waals surface area contributed by atoms with E-state index < -0.39 is 0 Å². The molecule has 0 radical (unpaired) electrons. The van der Waals surface area contributed by atoms with Crippen molar-refractivity contribution >= 4 is 29.0 Å². The Labute approximate surface area is 149 Å². The van der Waals surface area contributed by atoms with E-state index in [9.17, 15) is 9.59 Å². The predicted molar refractivity (Wildman–Crippen MR) is 97.6 cm³/mol. The minimum Gasteiger partial charge on any atom is -0.351 e.